The Labute approximate surface area is 106 Å². The van der Waals surface area contributed by atoms with Crippen molar-refractivity contribution in [2.24, 2.45) is 0 Å². The molecule has 0 atom stereocenters. The summed E-state index contributed by atoms with van der Waals surface area (Å²) in [7, 11) is 0. The first-order valence-electron chi connectivity index (χ1n) is 6.18. The number of aromatic nitrogens is 2. The summed E-state index contributed by atoms with van der Waals surface area (Å²) in [5.74, 6) is 0.576. The Hall–Kier alpha value is -1.47. The molecule has 0 unspecified atom stereocenters. The van der Waals surface area contributed by atoms with Crippen LogP contribution in [0.15, 0.2) is 4.79 Å². The summed E-state index contributed by atoms with van der Waals surface area (Å²) >= 11 is 0. The summed E-state index contributed by atoms with van der Waals surface area (Å²) < 4.78 is 3.34. The molecule has 0 aliphatic rings. The van der Waals surface area contributed by atoms with Gasteiger partial charge in [0.05, 0.1) is 13.2 Å². The van der Waals surface area contributed by atoms with Gasteiger partial charge in [-0.25, -0.2) is 4.68 Å². The Morgan fingerprint density at radius 3 is 2.00 bits per heavy atom. The van der Waals surface area contributed by atoms with E-state index in [4.69, 9.17) is 15.9 Å². The Bertz CT molecular complexity index is 432. The third-order valence-corrected chi connectivity index (χ3v) is 2.88. The second-order valence-electron chi connectivity index (χ2n) is 3.91. The number of rotatable bonds is 7. The van der Waals surface area contributed by atoms with Crippen LogP contribution in [0, 0.1) is 0 Å². The van der Waals surface area contributed by atoms with E-state index in [1.165, 1.54) is 0 Å². The molecule has 7 heteroatoms. The van der Waals surface area contributed by atoms with Crippen LogP contribution in [0.3, 0.4) is 0 Å². The molecule has 0 aliphatic heterocycles. The lowest BCUT2D eigenvalue weighted by Gasteiger charge is -2.25. The number of hydrogen-bond acceptors (Lipinski definition) is 5. The van der Waals surface area contributed by atoms with Gasteiger partial charge in [0.2, 0.25) is 0 Å². The van der Waals surface area contributed by atoms with Crippen LogP contribution in [-0.4, -0.2) is 45.9 Å². The number of nitrogens with zero attached hydrogens (tertiary/aromatic N) is 3. The molecule has 18 heavy (non-hydrogen) atoms. The van der Waals surface area contributed by atoms with Gasteiger partial charge in [0.15, 0.2) is 5.82 Å². The Morgan fingerprint density at radius 1 is 1.11 bits per heavy atom. The van der Waals surface area contributed by atoms with Gasteiger partial charge in [0.1, 0.15) is 5.69 Å². The van der Waals surface area contributed by atoms with E-state index in [9.17, 15) is 4.79 Å². The summed E-state index contributed by atoms with van der Waals surface area (Å²) in [6.07, 6.45) is 0. The zero-order chi connectivity index (χ0) is 13.7. The van der Waals surface area contributed by atoms with Crippen LogP contribution in [0.1, 0.15) is 13.8 Å². The van der Waals surface area contributed by atoms with Gasteiger partial charge in [-0.1, -0.05) is 0 Å². The van der Waals surface area contributed by atoms with E-state index in [-0.39, 0.29) is 24.5 Å². The van der Waals surface area contributed by atoms with E-state index < -0.39 is 0 Å². The smallest absolute Gasteiger partial charge is 0.292 e. The van der Waals surface area contributed by atoms with Crippen LogP contribution in [0.2, 0.25) is 0 Å². The lowest BCUT2D eigenvalue weighted by Crippen LogP contribution is -2.33. The van der Waals surface area contributed by atoms with Crippen LogP contribution in [0.5, 0.6) is 0 Å². The Kier molecular flexibility index (Phi) is 5.24. The number of hydrogen-bond donors (Lipinski definition) is 3. The van der Waals surface area contributed by atoms with Crippen molar-refractivity contribution in [3.63, 3.8) is 0 Å². The molecule has 1 aromatic rings. The van der Waals surface area contributed by atoms with E-state index in [0.29, 0.717) is 32.0 Å². The summed E-state index contributed by atoms with van der Waals surface area (Å²) in [4.78, 5) is 13.7. The molecule has 0 radical (unpaired) electrons. The highest BCUT2D eigenvalue weighted by Gasteiger charge is 2.20. The van der Waals surface area contributed by atoms with Gasteiger partial charge in [-0.05, 0) is 13.8 Å². The lowest BCUT2D eigenvalue weighted by molar-refractivity contribution is 0.279. The zero-order valence-corrected chi connectivity index (χ0v) is 11.0. The Morgan fingerprint density at radius 2 is 1.61 bits per heavy atom. The van der Waals surface area contributed by atoms with E-state index >= 15 is 0 Å². The van der Waals surface area contributed by atoms with Crippen molar-refractivity contribution >= 4 is 11.5 Å². The van der Waals surface area contributed by atoms with E-state index in [2.05, 4.69) is 0 Å². The maximum atomic E-state index is 12.0. The first-order valence-corrected chi connectivity index (χ1v) is 6.18. The molecule has 7 nitrogen and oxygen atoms in total. The highest BCUT2D eigenvalue weighted by molar-refractivity contribution is 5.62. The second kappa shape index (κ2) is 6.46. The molecule has 1 heterocycles. The quantitative estimate of drug-likeness (QED) is 0.587. The summed E-state index contributed by atoms with van der Waals surface area (Å²) in [5.41, 5.74) is 5.80. The van der Waals surface area contributed by atoms with Crippen molar-refractivity contribution in [3.8, 4) is 0 Å². The largest absolute Gasteiger partial charge is 0.395 e. The van der Waals surface area contributed by atoms with Crippen molar-refractivity contribution in [1.82, 2.24) is 9.36 Å². The maximum absolute atomic E-state index is 12.0. The fraction of sp³-hybridized carbons (Fsp3) is 0.727. The van der Waals surface area contributed by atoms with E-state index in [1.54, 1.807) is 14.3 Å². The minimum atomic E-state index is -0.227. The van der Waals surface area contributed by atoms with Gasteiger partial charge in [-0.2, -0.15) is 0 Å². The van der Waals surface area contributed by atoms with Crippen LogP contribution >= 0.6 is 0 Å². The predicted molar refractivity (Wildman–Crippen MR) is 70.8 cm³/mol. The van der Waals surface area contributed by atoms with Crippen LogP contribution in [-0.2, 0) is 13.1 Å². The lowest BCUT2D eigenvalue weighted by atomic mass is 10.4. The molecular formula is C11H22N4O3. The number of anilines is 2. The van der Waals surface area contributed by atoms with Gasteiger partial charge in [0, 0.05) is 26.2 Å². The topological polar surface area (TPSA) is 96.7 Å². The molecule has 0 amide bonds. The monoisotopic (exact) mass is 258 g/mol. The SMILES string of the molecule is CCn1c(N(CCO)CCO)c(N)c(=O)n1CC. The number of aliphatic hydroxyl groups excluding tert-OH is 2. The van der Waals surface area contributed by atoms with Gasteiger partial charge >= 0.3 is 0 Å². The van der Waals surface area contributed by atoms with Crippen molar-refractivity contribution in [2.75, 3.05) is 36.9 Å². The van der Waals surface area contributed by atoms with Crippen molar-refractivity contribution < 1.29 is 10.2 Å². The molecule has 0 aliphatic carbocycles. The fourth-order valence-electron chi connectivity index (χ4n) is 2.13. The van der Waals surface area contributed by atoms with Crippen LogP contribution in [0.25, 0.3) is 0 Å². The molecule has 0 spiro atoms. The molecule has 0 fully saturated rings. The highest BCUT2D eigenvalue weighted by atomic mass is 16.3. The normalized spacial score (nSPS) is 10.9. The molecule has 4 N–H and O–H groups in total. The number of aliphatic hydroxyl groups is 2. The van der Waals surface area contributed by atoms with Crippen molar-refractivity contribution in [2.45, 2.75) is 26.9 Å². The molecule has 104 valence electrons. The van der Waals surface area contributed by atoms with E-state index in [0.717, 1.165) is 0 Å². The average Bonchev–Trinajstić information content (AvgIpc) is 2.61. The number of nitrogen functional groups attached to an aromatic ring is 1. The summed E-state index contributed by atoms with van der Waals surface area (Å²) in [6.45, 7) is 5.47. The first kappa shape index (κ1) is 14.6. The van der Waals surface area contributed by atoms with Gasteiger partial charge < -0.3 is 20.8 Å². The molecule has 0 bridgehead atoms. The van der Waals surface area contributed by atoms with E-state index in [1.807, 2.05) is 13.8 Å². The van der Waals surface area contributed by atoms with Crippen molar-refractivity contribution in [1.29, 1.82) is 0 Å². The molecule has 0 saturated carbocycles. The number of nitrogens with two attached hydrogens (primary N) is 1. The van der Waals surface area contributed by atoms with Gasteiger partial charge in [0.25, 0.3) is 5.56 Å². The van der Waals surface area contributed by atoms with Crippen LogP contribution in [0.4, 0.5) is 11.5 Å². The summed E-state index contributed by atoms with van der Waals surface area (Å²) in [5, 5.41) is 18.1. The zero-order valence-electron chi connectivity index (χ0n) is 11.0. The first-order chi connectivity index (χ1) is 8.62. The van der Waals surface area contributed by atoms with Gasteiger partial charge in [-0.15, -0.1) is 0 Å². The minimum Gasteiger partial charge on any atom is -0.395 e. The molecule has 0 aromatic carbocycles. The fourth-order valence-corrected chi connectivity index (χ4v) is 2.13. The standard InChI is InChI=1S/C11H22N4O3/c1-3-14-10(13(5-7-16)6-8-17)9(12)11(18)15(14)4-2/h16-17H,3-8,12H2,1-2H3. The molecule has 1 rings (SSSR count). The van der Waals surface area contributed by atoms with Crippen LogP contribution < -0.4 is 16.2 Å². The van der Waals surface area contributed by atoms with Crippen molar-refractivity contribution in [3.05, 3.63) is 10.4 Å². The highest BCUT2D eigenvalue weighted by Crippen LogP contribution is 2.20. The third-order valence-electron chi connectivity index (χ3n) is 2.88. The third kappa shape index (κ3) is 2.51. The average molecular weight is 258 g/mol. The maximum Gasteiger partial charge on any atom is 0.292 e. The molecule has 1 aromatic heterocycles. The second-order valence-corrected chi connectivity index (χ2v) is 3.91. The molecular weight excluding hydrogens is 236 g/mol. The summed E-state index contributed by atoms with van der Waals surface area (Å²) in [6, 6.07) is 0. The minimum absolute atomic E-state index is 0.0609. The molecule has 0 saturated heterocycles. The Balaban J connectivity index is 3.31. The predicted octanol–water partition coefficient (Wildman–Crippen LogP) is -0.937. The van der Waals surface area contributed by atoms with Gasteiger partial charge in [-0.3, -0.25) is 9.48 Å².